The quantitative estimate of drug-likeness (QED) is 0.650. The minimum atomic E-state index is -0.105. The van der Waals surface area contributed by atoms with E-state index in [-0.39, 0.29) is 5.91 Å². The number of amides is 1. The fourth-order valence-corrected chi connectivity index (χ4v) is 2.20. The minimum Gasteiger partial charge on any atom is -0.352 e. The Labute approximate surface area is 103 Å². The van der Waals surface area contributed by atoms with Crippen LogP contribution < -0.4 is 5.32 Å². The van der Waals surface area contributed by atoms with Gasteiger partial charge in [-0.15, -0.1) is 11.3 Å². The molecule has 0 unspecified atom stereocenters. The van der Waals surface area contributed by atoms with Crippen molar-refractivity contribution < 1.29 is 9.59 Å². The topological polar surface area (TPSA) is 59.1 Å². The molecule has 17 heavy (non-hydrogen) atoms. The van der Waals surface area contributed by atoms with Crippen LogP contribution in [-0.4, -0.2) is 23.7 Å². The van der Waals surface area contributed by atoms with E-state index in [4.69, 9.17) is 0 Å². The first-order chi connectivity index (χ1) is 8.31. The maximum absolute atomic E-state index is 11.8. The molecule has 0 spiro atoms. The lowest BCUT2D eigenvalue weighted by molar-refractivity contribution is -0.107. The van der Waals surface area contributed by atoms with Crippen molar-refractivity contribution in [2.24, 2.45) is 0 Å². The van der Waals surface area contributed by atoms with E-state index >= 15 is 0 Å². The van der Waals surface area contributed by atoms with Crippen LogP contribution in [0.2, 0.25) is 0 Å². The number of benzene rings is 1. The van der Waals surface area contributed by atoms with E-state index in [0.29, 0.717) is 24.9 Å². The number of fused-ring (bicyclic) bond motifs is 1. The third-order valence-electron chi connectivity index (χ3n) is 2.38. The van der Waals surface area contributed by atoms with Crippen LogP contribution in [0.1, 0.15) is 23.2 Å². The summed E-state index contributed by atoms with van der Waals surface area (Å²) in [6.45, 7) is 0.526. The van der Waals surface area contributed by atoms with E-state index in [0.717, 1.165) is 16.5 Å². The van der Waals surface area contributed by atoms with E-state index in [1.54, 1.807) is 11.6 Å². The molecule has 1 amide bonds. The van der Waals surface area contributed by atoms with Gasteiger partial charge in [-0.3, -0.25) is 4.79 Å². The van der Waals surface area contributed by atoms with Crippen LogP contribution in [-0.2, 0) is 4.79 Å². The average molecular weight is 248 g/mol. The molecule has 0 aliphatic heterocycles. The van der Waals surface area contributed by atoms with Crippen molar-refractivity contribution in [3.05, 3.63) is 29.3 Å². The van der Waals surface area contributed by atoms with Gasteiger partial charge in [-0.2, -0.15) is 0 Å². The largest absolute Gasteiger partial charge is 0.352 e. The zero-order chi connectivity index (χ0) is 12.1. The Morgan fingerprint density at radius 3 is 3.18 bits per heavy atom. The Morgan fingerprint density at radius 1 is 1.47 bits per heavy atom. The molecule has 0 atom stereocenters. The first-order valence-electron chi connectivity index (χ1n) is 5.36. The molecule has 2 aromatic rings. The van der Waals surface area contributed by atoms with Crippen molar-refractivity contribution in [1.29, 1.82) is 0 Å². The van der Waals surface area contributed by atoms with Gasteiger partial charge >= 0.3 is 0 Å². The van der Waals surface area contributed by atoms with Crippen LogP contribution in [0.4, 0.5) is 0 Å². The van der Waals surface area contributed by atoms with Crippen molar-refractivity contribution in [2.45, 2.75) is 12.8 Å². The Kier molecular flexibility index (Phi) is 3.82. The molecule has 0 aliphatic carbocycles. The van der Waals surface area contributed by atoms with Gasteiger partial charge in [-0.1, -0.05) is 0 Å². The summed E-state index contributed by atoms with van der Waals surface area (Å²) >= 11 is 1.51. The number of aromatic nitrogens is 1. The van der Waals surface area contributed by atoms with E-state index in [2.05, 4.69) is 10.3 Å². The molecule has 0 aliphatic rings. The summed E-state index contributed by atoms with van der Waals surface area (Å²) in [6.07, 6.45) is 2.02. The molecule has 88 valence electrons. The third kappa shape index (κ3) is 2.88. The van der Waals surface area contributed by atoms with Gasteiger partial charge in [-0.05, 0) is 24.6 Å². The lowest BCUT2D eigenvalue weighted by Crippen LogP contribution is -2.24. The summed E-state index contributed by atoms with van der Waals surface area (Å²) in [5.41, 5.74) is 3.30. The fraction of sp³-hybridized carbons (Fsp3) is 0.250. The van der Waals surface area contributed by atoms with Crippen LogP contribution in [0.15, 0.2) is 23.7 Å². The maximum atomic E-state index is 11.8. The Balaban J connectivity index is 2.00. The van der Waals surface area contributed by atoms with Gasteiger partial charge in [-0.25, -0.2) is 4.98 Å². The average Bonchev–Trinajstić information content (AvgIpc) is 2.81. The molecular formula is C12H12N2O2S. The smallest absolute Gasteiger partial charge is 0.251 e. The van der Waals surface area contributed by atoms with Gasteiger partial charge in [0.15, 0.2) is 0 Å². The number of carbonyl (C=O) groups is 2. The van der Waals surface area contributed by atoms with Crippen molar-refractivity contribution in [3.8, 4) is 0 Å². The van der Waals surface area contributed by atoms with E-state index in [1.165, 1.54) is 11.3 Å². The van der Waals surface area contributed by atoms with Gasteiger partial charge in [0.05, 0.1) is 15.7 Å². The maximum Gasteiger partial charge on any atom is 0.251 e. The van der Waals surface area contributed by atoms with Crippen molar-refractivity contribution in [3.63, 3.8) is 0 Å². The highest BCUT2D eigenvalue weighted by Crippen LogP contribution is 2.18. The van der Waals surface area contributed by atoms with Crippen LogP contribution in [0.25, 0.3) is 10.2 Å². The van der Waals surface area contributed by atoms with Gasteiger partial charge in [0.2, 0.25) is 0 Å². The van der Waals surface area contributed by atoms with Crippen molar-refractivity contribution in [2.75, 3.05) is 6.54 Å². The summed E-state index contributed by atoms with van der Waals surface area (Å²) in [6, 6.07) is 5.44. The SMILES string of the molecule is O=CCCCNC(=O)c1ccc2ncsc2c1. The van der Waals surface area contributed by atoms with Gasteiger partial charge in [0.25, 0.3) is 5.91 Å². The predicted molar refractivity (Wildman–Crippen MR) is 67.3 cm³/mol. The zero-order valence-electron chi connectivity index (χ0n) is 9.18. The van der Waals surface area contributed by atoms with Crippen LogP contribution in [0, 0.1) is 0 Å². The van der Waals surface area contributed by atoms with Crippen molar-refractivity contribution >= 4 is 33.7 Å². The van der Waals surface area contributed by atoms with Crippen molar-refractivity contribution in [1.82, 2.24) is 10.3 Å². The second kappa shape index (κ2) is 5.54. The highest BCUT2D eigenvalue weighted by atomic mass is 32.1. The number of unbranched alkanes of at least 4 members (excludes halogenated alkanes) is 1. The molecule has 2 rings (SSSR count). The molecule has 4 nitrogen and oxygen atoms in total. The second-order valence-electron chi connectivity index (χ2n) is 3.60. The Morgan fingerprint density at radius 2 is 2.35 bits per heavy atom. The molecule has 0 bridgehead atoms. The third-order valence-corrected chi connectivity index (χ3v) is 3.17. The molecule has 1 aromatic carbocycles. The van der Waals surface area contributed by atoms with Crippen LogP contribution in [0.5, 0.6) is 0 Å². The monoisotopic (exact) mass is 248 g/mol. The normalized spacial score (nSPS) is 10.4. The lowest BCUT2D eigenvalue weighted by Gasteiger charge is -2.03. The number of nitrogens with one attached hydrogen (secondary N) is 1. The summed E-state index contributed by atoms with van der Waals surface area (Å²) in [5.74, 6) is -0.105. The minimum absolute atomic E-state index is 0.105. The molecule has 0 fully saturated rings. The summed E-state index contributed by atoms with van der Waals surface area (Å²) < 4.78 is 1.01. The summed E-state index contributed by atoms with van der Waals surface area (Å²) in [7, 11) is 0. The Bertz CT molecular complexity index is 536. The molecule has 0 saturated heterocycles. The molecular weight excluding hydrogens is 236 g/mol. The van der Waals surface area contributed by atoms with E-state index in [9.17, 15) is 9.59 Å². The number of nitrogens with zero attached hydrogens (tertiary/aromatic N) is 1. The van der Waals surface area contributed by atoms with E-state index < -0.39 is 0 Å². The number of hydrogen-bond donors (Lipinski definition) is 1. The van der Waals surface area contributed by atoms with Gasteiger partial charge in [0.1, 0.15) is 6.29 Å². The summed E-state index contributed by atoms with van der Waals surface area (Å²) in [5, 5.41) is 2.78. The van der Waals surface area contributed by atoms with Crippen LogP contribution >= 0.6 is 11.3 Å². The lowest BCUT2D eigenvalue weighted by atomic mass is 10.2. The first-order valence-corrected chi connectivity index (χ1v) is 6.24. The number of hydrogen-bond acceptors (Lipinski definition) is 4. The number of carbonyl (C=O) groups excluding carboxylic acids is 2. The molecule has 1 N–H and O–H groups in total. The predicted octanol–water partition coefficient (Wildman–Crippen LogP) is 2.01. The molecule has 0 saturated carbocycles. The van der Waals surface area contributed by atoms with Gasteiger partial charge in [0, 0.05) is 18.5 Å². The number of aldehydes is 1. The number of rotatable bonds is 5. The molecule has 1 heterocycles. The number of thiazole rings is 1. The fourth-order valence-electron chi connectivity index (χ4n) is 1.49. The Hall–Kier alpha value is -1.75. The first kappa shape index (κ1) is 11.7. The molecule has 0 radical (unpaired) electrons. The molecule has 5 heteroatoms. The second-order valence-corrected chi connectivity index (χ2v) is 4.49. The highest BCUT2D eigenvalue weighted by Gasteiger charge is 2.06. The van der Waals surface area contributed by atoms with Crippen LogP contribution in [0.3, 0.4) is 0 Å². The van der Waals surface area contributed by atoms with E-state index in [1.807, 2.05) is 12.1 Å². The zero-order valence-corrected chi connectivity index (χ0v) is 10.00. The molecule has 1 aromatic heterocycles. The van der Waals surface area contributed by atoms with Gasteiger partial charge < -0.3 is 10.1 Å². The summed E-state index contributed by atoms with van der Waals surface area (Å²) in [4.78, 5) is 26.0. The standard InChI is InChI=1S/C12H12N2O2S/c15-6-2-1-5-13-12(16)9-3-4-10-11(7-9)17-8-14-10/h3-4,6-8H,1-2,5H2,(H,13,16). The highest BCUT2D eigenvalue weighted by molar-refractivity contribution is 7.16.